The van der Waals surface area contributed by atoms with Crippen LogP contribution in [0, 0.1) is 0 Å². The largest absolute Gasteiger partial charge is 0.472 e. The van der Waals surface area contributed by atoms with E-state index in [0.29, 0.717) is 12.8 Å². The molecule has 0 radical (unpaired) electrons. The van der Waals surface area contributed by atoms with Gasteiger partial charge in [0.25, 0.3) is 0 Å². The molecule has 0 aliphatic heterocycles. The predicted octanol–water partition coefficient (Wildman–Crippen LogP) is 11.4. The van der Waals surface area contributed by atoms with E-state index >= 15 is 0 Å². The maximum absolute atomic E-state index is 12.2. The minimum absolute atomic E-state index is 0.172. The Morgan fingerprint density at radius 1 is 0.409 bits per heavy atom. The van der Waals surface area contributed by atoms with Crippen LogP contribution in [0.4, 0.5) is 0 Å². The van der Waals surface area contributed by atoms with Crippen molar-refractivity contribution in [1.29, 1.82) is 0 Å². The van der Waals surface area contributed by atoms with Crippen LogP contribution in [0.2, 0.25) is 0 Å². The molecule has 384 valence electrons. The van der Waals surface area contributed by atoms with Gasteiger partial charge in [0.1, 0.15) is 31.5 Å². The lowest BCUT2D eigenvalue weighted by Crippen LogP contribution is -2.25. The molecule has 0 heterocycles. The van der Waals surface area contributed by atoms with E-state index in [0.717, 1.165) is 83.5 Å². The van der Waals surface area contributed by atoms with E-state index in [-0.39, 0.29) is 12.8 Å². The number of phosphoric ester groups is 2. The normalized spacial score (nSPS) is 15.6. The van der Waals surface area contributed by atoms with Crippen molar-refractivity contribution in [3.8, 4) is 0 Å². The highest BCUT2D eigenvalue weighted by Gasteiger charge is 2.28. The van der Waals surface area contributed by atoms with Crippen molar-refractivity contribution in [1.82, 2.24) is 0 Å². The highest BCUT2D eigenvalue weighted by Crippen LogP contribution is 2.45. The summed E-state index contributed by atoms with van der Waals surface area (Å²) in [4.78, 5) is 43.8. The molecule has 66 heavy (non-hydrogen) atoms. The van der Waals surface area contributed by atoms with Crippen LogP contribution in [-0.4, -0.2) is 95.0 Å². The summed E-state index contributed by atoms with van der Waals surface area (Å²) >= 11 is 0. The topological polar surface area (TPSA) is 225 Å². The molecule has 0 aliphatic rings. The van der Waals surface area contributed by atoms with Crippen molar-refractivity contribution < 1.29 is 71.4 Å². The van der Waals surface area contributed by atoms with Crippen LogP contribution in [0.3, 0.4) is 0 Å². The zero-order chi connectivity index (χ0) is 48.8. The van der Waals surface area contributed by atoms with Crippen LogP contribution in [0.25, 0.3) is 0 Å². The summed E-state index contributed by atoms with van der Waals surface area (Å²) in [5.74, 6) is -1.01. The fourth-order valence-electron chi connectivity index (χ4n) is 6.18. The molecule has 0 rings (SSSR count). The Bertz CT molecular complexity index is 1420. The van der Waals surface area contributed by atoms with Gasteiger partial charge in [-0.1, -0.05) is 171 Å². The van der Waals surface area contributed by atoms with Gasteiger partial charge in [-0.2, -0.15) is 0 Å². The van der Waals surface area contributed by atoms with Gasteiger partial charge in [0, 0.05) is 12.8 Å². The minimum Gasteiger partial charge on any atom is -0.463 e. The van der Waals surface area contributed by atoms with Gasteiger partial charge in [-0.25, -0.2) is 9.13 Å². The molecular formula is C49H88O15P2. The second kappa shape index (κ2) is 45.2. The van der Waals surface area contributed by atoms with E-state index < -0.39 is 85.5 Å². The number of hydrogen-bond donors (Lipinski definition) is 5. The Morgan fingerprint density at radius 3 is 1.05 bits per heavy atom. The number of ether oxygens (including phenoxy) is 2. The number of unbranched alkanes of at least 4 members (excludes halogenated alkanes) is 17. The van der Waals surface area contributed by atoms with E-state index in [4.69, 9.17) is 9.47 Å². The van der Waals surface area contributed by atoms with Crippen LogP contribution in [0.5, 0.6) is 0 Å². The summed E-state index contributed by atoms with van der Waals surface area (Å²) in [6.45, 7) is 0.283. The van der Waals surface area contributed by atoms with Crippen LogP contribution >= 0.6 is 15.6 Å². The molecule has 0 amide bonds. The smallest absolute Gasteiger partial charge is 0.463 e. The van der Waals surface area contributed by atoms with E-state index in [1.165, 1.54) is 57.8 Å². The monoisotopic (exact) mass is 979 g/mol. The maximum atomic E-state index is 12.2. The van der Waals surface area contributed by atoms with Crippen molar-refractivity contribution in [2.24, 2.45) is 0 Å². The molecule has 17 heteroatoms. The minimum atomic E-state index is -4.79. The van der Waals surface area contributed by atoms with Crippen LogP contribution in [-0.2, 0) is 46.3 Å². The molecular weight excluding hydrogens is 890 g/mol. The van der Waals surface area contributed by atoms with Gasteiger partial charge in [0.2, 0.25) is 0 Å². The third-order valence-corrected chi connectivity index (χ3v) is 11.9. The molecule has 5 N–H and O–H groups in total. The lowest BCUT2D eigenvalue weighted by atomic mass is 10.0. The molecule has 0 aromatic rings. The van der Waals surface area contributed by atoms with Crippen LogP contribution < -0.4 is 0 Å². The summed E-state index contributed by atoms with van der Waals surface area (Å²) in [7, 11) is -9.58. The first-order valence-electron chi connectivity index (χ1n) is 24.6. The van der Waals surface area contributed by atoms with E-state index in [1.54, 1.807) is 0 Å². The van der Waals surface area contributed by atoms with Gasteiger partial charge in [0.15, 0.2) is 0 Å². The van der Waals surface area contributed by atoms with Gasteiger partial charge in [0.05, 0.1) is 26.4 Å². The molecule has 5 unspecified atom stereocenters. The SMILES string of the molecule is CC/C=C\C/C=C\C/C=C\C/C=C\C/C=C\CCCCCCCC(=O)OCC(O)COP(=O)(O)OCC(O)COP(=O)(O)OCC(O)COC(=O)CCCCCCCCCCCCCCC. The zero-order valence-electron chi connectivity index (χ0n) is 40.3. The summed E-state index contributed by atoms with van der Waals surface area (Å²) in [5.41, 5.74) is 0. The Kier molecular flexibility index (Phi) is 43.7. The molecule has 0 aromatic carbocycles. The highest BCUT2D eigenvalue weighted by atomic mass is 31.2. The van der Waals surface area contributed by atoms with Crippen LogP contribution in [0.1, 0.15) is 181 Å². The Balaban J connectivity index is 3.90. The summed E-state index contributed by atoms with van der Waals surface area (Å²) < 4.78 is 53.0. The number of hydrogen-bond acceptors (Lipinski definition) is 13. The molecule has 15 nitrogen and oxygen atoms in total. The summed E-state index contributed by atoms with van der Waals surface area (Å²) in [6.07, 6.45) is 43.5. The number of allylic oxidation sites excluding steroid dienone is 10. The van der Waals surface area contributed by atoms with E-state index in [1.807, 2.05) is 0 Å². The standard InChI is InChI=1S/C49H88O15P2/c1-3-5-7-9-11-13-15-17-18-19-20-21-22-23-24-26-28-30-32-34-36-38-49(54)60-40-46(51)42-62-66(57,58)64-44-47(52)43-63-65(55,56)61-41-45(50)39-59-48(53)37-35-33-31-29-27-25-16-14-12-10-8-6-4-2/h5,7,11,13,17-18,20-21,23-24,45-47,50-52H,3-4,6,8-10,12,14-16,19,22,25-44H2,1-2H3,(H,55,56)(H,57,58)/b7-5-,13-11-,18-17-,21-20-,24-23-. The third-order valence-electron chi connectivity index (χ3n) is 9.99. The first kappa shape index (κ1) is 63.7. The molecule has 0 aromatic heterocycles. The molecule has 0 fully saturated rings. The number of esters is 2. The van der Waals surface area contributed by atoms with Gasteiger partial charge >= 0.3 is 27.6 Å². The van der Waals surface area contributed by atoms with Crippen molar-refractivity contribution in [2.45, 2.75) is 199 Å². The zero-order valence-corrected chi connectivity index (χ0v) is 42.1. The predicted molar refractivity (Wildman–Crippen MR) is 260 cm³/mol. The second-order valence-corrected chi connectivity index (χ2v) is 19.4. The van der Waals surface area contributed by atoms with Gasteiger partial charge in [-0.3, -0.25) is 27.7 Å². The fourth-order valence-corrected chi connectivity index (χ4v) is 7.77. The molecule has 0 spiro atoms. The first-order chi connectivity index (χ1) is 31.8. The molecule has 0 saturated heterocycles. The number of aliphatic hydroxyl groups excluding tert-OH is 3. The van der Waals surface area contributed by atoms with Gasteiger partial charge in [-0.15, -0.1) is 0 Å². The third kappa shape index (κ3) is 46.8. The van der Waals surface area contributed by atoms with Crippen molar-refractivity contribution in [3.05, 3.63) is 60.8 Å². The number of carbonyl (C=O) groups excluding carboxylic acids is 2. The average Bonchev–Trinajstić information content (AvgIpc) is 3.29. The summed E-state index contributed by atoms with van der Waals surface area (Å²) in [5, 5.41) is 30.0. The highest BCUT2D eigenvalue weighted by molar-refractivity contribution is 7.47. The van der Waals surface area contributed by atoms with E-state index in [9.17, 15) is 43.8 Å². The van der Waals surface area contributed by atoms with Crippen LogP contribution in [0.15, 0.2) is 60.8 Å². The number of phosphoric acid groups is 2. The Hall–Kier alpha value is -2.26. The Labute approximate surface area is 397 Å². The number of rotatable bonds is 47. The lowest BCUT2D eigenvalue weighted by Gasteiger charge is -2.19. The molecule has 5 atom stereocenters. The second-order valence-electron chi connectivity index (χ2n) is 16.5. The molecule has 0 saturated carbocycles. The molecule has 0 aliphatic carbocycles. The average molecular weight is 979 g/mol. The van der Waals surface area contributed by atoms with Crippen molar-refractivity contribution >= 4 is 27.6 Å². The van der Waals surface area contributed by atoms with Gasteiger partial charge in [-0.05, 0) is 57.8 Å². The van der Waals surface area contributed by atoms with Crippen molar-refractivity contribution in [2.75, 3.05) is 39.6 Å². The quantitative estimate of drug-likeness (QED) is 0.0165. The first-order valence-corrected chi connectivity index (χ1v) is 27.6. The lowest BCUT2D eigenvalue weighted by molar-refractivity contribution is -0.148. The van der Waals surface area contributed by atoms with Crippen molar-refractivity contribution in [3.63, 3.8) is 0 Å². The Morgan fingerprint density at radius 2 is 0.697 bits per heavy atom. The molecule has 0 bridgehead atoms. The van der Waals surface area contributed by atoms with Gasteiger partial charge < -0.3 is 34.6 Å². The maximum Gasteiger partial charge on any atom is 0.472 e. The van der Waals surface area contributed by atoms with E-state index in [2.05, 4.69) is 92.7 Å². The summed E-state index contributed by atoms with van der Waals surface area (Å²) in [6, 6.07) is 0. The number of aliphatic hydroxyl groups is 3. The number of carbonyl (C=O) groups is 2. The fraction of sp³-hybridized carbons (Fsp3) is 0.755.